The van der Waals surface area contributed by atoms with Gasteiger partial charge in [0.25, 0.3) is 0 Å². The summed E-state index contributed by atoms with van der Waals surface area (Å²) in [6, 6.07) is 15.1. The fraction of sp³-hybridized carbons (Fsp3) is 0.512. The lowest BCUT2D eigenvalue weighted by Gasteiger charge is -2.28. The van der Waals surface area contributed by atoms with Gasteiger partial charge >= 0.3 is 24.0 Å². The number of aryl methyl sites for hydroxylation is 2. The molecule has 1 N–H and O–H groups in total. The van der Waals surface area contributed by atoms with E-state index in [1.807, 2.05) is 62.4 Å². The van der Waals surface area contributed by atoms with Crippen molar-refractivity contribution in [3.05, 3.63) is 84.0 Å². The van der Waals surface area contributed by atoms with Gasteiger partial charge in [-0.05, 0) is 76.6 Å². The van der Waals surface area contributed by atoms with E-state index < -0.39 is 30.2 Å². The number of benzene rings is 2. The minimum atomic E-state index is -0.717. The number of esters is 3. The van der Waals surface area contributed by atoms with E-state index in [4.69, 9.17) is 28.4 Å². The van der Waals surface area contributed by atoms with Crippen LogP contribution in [0.1, 0.15) is 77.3 Å². The van der Waals surface area contributed by atoms with E-state index in [1.54, 1.807) is 20.8 Å². The Balaban J connectivity index is 0.000000378. The van der Waals surface area contributed by atoms with Gasteiger partial charge in [0.1, 0.15) is 37.9 Å². The van der Waals surface area contributed by atoms with Crippen LogP contribution in [0.2, 0.25) is 0 Å². The van der Waals surface area contributed by atoms with Crippen molar-refractivity contribution in [2.45, 2.75) is 92.3 Å². The van der Waals surface area contributed by atoms with Gasteiger partial charge in [-0.2, -0.15) is 0 Å². The maximum Gasteiger partial charge on any atom is 0.407 e. The van der Waals surface area contributed by atoms with Crippen molar-refractivity contribution in [2.75, 3.05) is 33.0 Å². The van der Waals surface area contributed by atoms with Gasteiger partial charge in [0, 0.05) is 24.1 Å². The normalized spacial score (nSPS) is 16.0. The summed E-state index contributed by atoms with van der Waals surface area (Å²) in [7, 11) is 0. The smallest absolute Gasteiger partial charge is 0.407 e. The van der Waals surface area contributed by atoms with E-state index in [1.165, 1.54) is 19.3 Å². The zero-order valence-corrected chi connectivity index (χ0v) is 31.7. The van der Waals surface area contributed by atoms with Gasteiger partial charge < -0.3 is 33.7 Å². The molecule has 2 unspecified atom stereocenters. The van der Waals surface area contributed by atoms with Crippen LogP contribution in [0.4, 0.5) is 4.79 Å². The highest BCUT2D eigenvalue weighted by Gasteiger charge is 2.23. The highest BCUT2D eigenvalue weighted by atomic mass is 16.6. The first-order valence-corrected chi connectivity index (χ1v) is 18.0. The molecular formula is C41H57NO10. The van der Waals surface area contributed by atoms with Gasteiger partial charge in [-0.15, -0.1) is 0 Å². The van der Waals surface area contributed by atoms with Crippen LogP contribution in [0.5, 0.6) is 11.5 Å². The van der Waals surface area contributed by atoms with E-state index in [-0.39, 0.29) is 38.8 Å². The average molecular weight is 724 g/mol. The number of hydrogen-bond donors (Lipinski definition) is 1. The number of carbonyl (C=O) groups excluding carboxylic acids is 4. The predicted molar refractivity (Wildman–Crippen MR) is 199 cm³/mol. The number of ether oxygens (including phenoxy) is 6. The highest BCUT2D eigenvalue weighted by Crippen LogP contribution is 2.30. The number of nitrogens with one attached hydrogen (secondary N) is 1. The summed E-state index contributed by atoms with van der Waals surface area (Å²) in [4.78, 5) is 46.8. The summed E-state index contributed by atoms with van der Waals surface area (Å²) >= 11 is 0. The Morgan fingerprint density at radius 3 is 1.50 bits per heavy atom. The maximum atomic E-state index is 12.3. The van der Waals surface area contributed by atoms with Crippen LogP contribution in [0.3, 0.4) is 0 Å². The second kappa shape index (κ2) is 23.6. The summed E-state index contributed by atoms with van der Waals surface area (Å²) in [5, 5.41) is 2.86. The Bertz CT molecular complexity index is 1430. The zero-order valence-electron chi connectivity index (χ0n) is 31.7. The third-order valence-corrected chi connectivity index (χ3v) is 8.35. The fourth-order valence-corrected chi connectivity index (χ4v) is 5.00. The van der Waals surface area contributed by atoms with Crippen molar-refractivity contribution in [3.63, 3.8) is 0 Å². The molecular weight excluding hydrogens is 666 g/mol. The molecule has 11 heteroatoms. The molecule has 0 heterocycles. The first-order chi connectivity index (χ1) is 24.8. The lowest BCUT2D eigenvalue weighted by atomic mass is 9.81. The first-order valence-electron chi connectivity index (χ1n) is 18.0. The van der Waals surface area contributed by atoms with E-state index in [2.05, 4.69) is 25.4 Å². The van der Waals surface area contributed by atoms with E-state index in [0.717, 1.165) is 29.9 Å². The second-order valence-corrected chi connectivity index (χ2v) is 13.2. The molecule has 0 spiro atoms. The van der Waals surface area contributed by atoms with Crippen LogP contribution >= 0.6 is 0 Å². The Morgan fingerprint density at radius 2 is 1.10 bits per heavy atom. The monoisotopic (exact) mass is 723 g/mol. The number of hydrogen-bond acceptors (Lipinski definition) is 10. The zero-order chi connectivity index (χ0) is 38.5. The van der Waals surface area contributed by atoms with E-state index in [9.17, 15) is 19.2 Å². The topological polar surface area (TPSA) is 136 Å². The lowest BCUT2D eigenvalue weighted by Crippen LogP contribution is -2.38. The standard InChI is InChI=1S/C24H35NO5.C17H22O5/c1-5-19-8-10-20(11-9-19)14-25-24(27)30-22(16-29-23(26)17(2)3)15-28-21-12-6-18(4)7-13-21;1-5-16(18)22-15(11-21-17(19)12(2)3)10-20-14-8-6-13(4)7-9-14/h6-7,12-13,19-20,22H,2,5,8-11,14-16H2,1,3-4H3,(H,25,27);6-9,15H,2,5,10-11H2,1,3-4H3. The van der Waals surface area contributed by atoms with E-state index in [0.29, 0.717) is 35.1 Å². The van der Waals surface area contributed by atoms with Crippen LogP contribution in [0.15, 0.2) is 72.8 Å². The second-order valence-electron chi connectivity index (χ2n) is 13.2. The fourth-order valence-electron chi connectivity index (χ4n) is 5.00. The van der Waals surface area contributed by atoms with Crippen LogP contribution in [-0.2, 0) is 33.3 Å². The van der Waals surface area contributed by atoms with Crippen molar-refractivity contribution in [2.24, 2.45) is 11.8 Å². The number of rotatable bonds is 18. The maximum absolute atomic E-state index is 12.3. The summed E-state index contributed by atoms with van der Waals surface area (Å²) in [6.07, 6.45) is 4.30. The molecule has 2 aromatic rings. The van der Waals surface area contributed by atoms with Crippen molar-refractivity contribution >= 4 is 24.0 Å². The molecule has 0 aliphatic heterocycles. The summed E-state index contributed by atoms with van der Waals surface area (Å²) in [5.41, 5.74) is 2.83. The molecule has 0 radical (unpaired) electrons. The average Bonchev–Trinajstić information content (AvgIpc) is 3.14. The Labute approximate surface area is 309 Å². The third-order valence-electron chi connectivity index (χ3n) is 8.35. The molecule has 1 fully saturated rings. The van der Waals surface area contributed by atoms with Gasteiger partial charge in [-0.25, -0.2) is 14.4 Å². The molecule has 1 saturated carbocycles. The van der Waals surface area contributed by atoms with Crippen molar-refractivity contribution in [1.82, 2.24) is 5.32 Å². The minimum absolute atomic E-state index is 0.0662. The Hall–Kier alpha value is -4.80. The van der Waals surface area contributed by atoms with Crippen molar-refractivity contribution < 1.29 is 47.6 Å². The summed E-state index contributed by atoms with van der Waals surface area (Å²) in [6.45, 7) is 18.7. The van der Waals surface area contributed by atoms with Crippen molar-refractivity contribution in [1.29, 1.82) is 0 Å². The largest absolute Gasteiger partial charge is 0.490 e. The van der Waals surface area contributed by atoms with Gasteiger partial charge in [0.2, 0.25) is 0 Å². The molecule has 52 heavy (non-hydrogen) atoms. The molecule has 0 aromatic heterocycles. The Morgan fingerprint density at radius 1 is 0.673 bits per heavy atom. The van der Waals surface area contributed by atoms with Gasteiger partial charge in [-0.1, -0.05) is 81.7 Å². The molecule has 1 amide bonds. The third kappa shape index (κ3) is 17.9. The van der Waals surface area contributed by atoms with Crippen LogP contribution in [0, 0.1) is 25.7 Å². The number of alkyl carbamates (subject to hydrolysis) is 1. The SMILES string of the molecule is C=C(C)C(=O)OCC(COc1ccc(C)cc1)OC(=O)CC.C=C(C)C(=O)OCC(COc1ccc(C)cc1)OC(=O)NCC1CCC(CC)CC1. The predicted octanol–water partition coefficient (Wildman–Crippen LogP) is 7.62. The highest BCUT2D eigenvalue weighted by molar-refractivity contribution is 5.87. The molecule has 0 bridgehead atoms. The van der Waals surface area contributed by atoms with Crippen LogP contribution in [0.25, 0.3) is 0 Å². The Kier molecular flexibility index (Phi) is 19.7. The van der Waals surface area contributed by atoms with Gasteiger partial charge in [0.05, 0.1) is 0 Å². The molecule has 286 valence electrons. The molecule has 0 saturated heterocycles. The lowest BCUT2D eigenvalue weighted by molar-refractivity contribution is -0.158. The molecule has 3 rings (SSSR count). The molecule has 2 aromatic carbocycles. The quantitative estimate of drug-likeness (QED) is 0.0930. The minimum Gasteiger partial charge on any atom is -0.490 e. The first kappa shape index (κ1) is 43.4. The van der Waals surface area contributed by atoms with Crippen LogP contribution < -0.4 is 14.8 Å². The van der Waals surface area contributed by atoms with Gasteiger partial charge in [0.15, 0.2) is 12.2 Å². The summed E-state index contributed by atoms with van der Waals surface area (Å²) < 4.78 is 32.2. The molecule has 1 aliphatic rings. The number of carbonyl (C=O) groups is 4. The molecule has 1 aliphatic carbocycles. The van der Waals surface area contributed by atoms with Crippen LogP contribution in [-0.4, -0.2) is 69.2 Å². The summed E-state index contributed by atoms with van der Waals surface area (Å²) in [5.74, 6) is 1.22. The van der Waals surface area contributed by atoms with Crippen molar-refractivity contribution in [3.8, 4) is 11.5 Å². The van der Waals surface area contributed by atoms with E-state index >= 15 is 0 Å². The molecule has 11 nitrogen and oxygen atoms in total. The van der Waals surface area contributed by atoms with Gasteiger partial charge in [-0.3, -0.25) is 4.79 Å². The molecule has 2 atom stereocenters. The number of amides is 1.